The third-order valence-corrected chi connectivity index (χ3v) is 5.76. The average Bonchev–Trinajstić information content (AvgIpc) is 3.44. The molecule has 0 saturated heterocycles. The minimum absolute atomic E-state index is 0.0948. The lowest BCUT2D eigenvalue weighted by Gasteiger charge is -2.10. The monoisotopic (exact) mass is 470 g/mol. The van der Waals surface area contributed by atoms with Gasteiger partial charge in [-0.25, -0.2) is 4.79 Å². The van der Waals surface area contributed by atoms with E-state index in [4.69, 9.17) is 16.1 Å². The molecule has 10 heteroatoms. The Kier molecular flexibility index (Phi) is 7.39. The summed E-state index contributed by atoms with van der Waals surface area (Å²) in [6, 6.07) is 10.1. The summed E-state index contributed by atoms with van der Waals surface area (Å²) in [5.74, 6) is 1.15. The highest BCUT2D eigenvalue weighted by Gasteiger charge is 2.17. The summed E-state index contributed by atoms with van der Waals surface area (Å²) in [5.41, 5.74) is 0.975. The van der Waals surface area contributed by atoms with Gasteiger partial charge in [-0.15, -0.1) is 0 Å². The SMILES string of the molecule is CCCCCn1c(=O)n(CCCc2nc(CCc3ccccc3)no2)c(=O)c2[nH]c(Cl)nc21. The highest BCUT2D eigenvalue weighted by Crippen LogP contribution is 2.11. The fourth-order valence-corrected chi connectivity index (χ4v) is 4.01. The first-order valence-corrected chi connectivity index (χ1v) is 11.7. The fraction of sp³-hybridized carbons (Fsp3) is 0.435. The summed E-state index contributed by atoms with van der Waals surface area (Å²) in [5, 5.41) is 4.14. The number of hydrogen-bond donors (Lipinski definition) is 1. The van der Waals surface area contributed by atoms with Crippen molar-refractivity contribution in [1.82, 2.24) is 29.2 Å². The van der Waals surface area contributed by atoms with Gasteiger partial charge < -0.3 is 9.51 Å². The first-order valence-electron chi connectivity index (χ1n) is 11.3. The molecule has 0 atom stereocenters. The lowest BCUT2D eigenvalue weighted by Crippen LogP contribution is -2.40. The smallest absolute Gasteiger partial charge is 0.332 e. The first-order chi connectivity index (χ1) is 16.1. The third kappa shape index (κ3) is 5.42. The Labute approximate surface area is 195 Å². The Morgan fingerprint density at radius 3 is 2.55 bits per heavy atom. The number of hydrogen-bond acceptors (Lipinski definition) is 6. The zero-order chi connectivity index (χ0) is 23.2. The summed E-state index contributed by atoms with van der Waals surface area (Å²) in [7, 11) is 0. The number of nitrogens with one attached hydrogen (secondary N) is 1. The Bertz CT molecular complexity index is 1320. The number of rotatable bonds is 11. The van der Waals surface area contributed by atoms with Crippen LogP contribution in [0, 0.1) is 0 Å². The predicted molar refractivity (Wildman–Crippen MR) is 126 cm³/mol. The quantitative estimate of drug-likeness (QED) is 0.265. The largest absolute Gasteiger partial charge is 0.339 e. The van der Waals surface area contributed by atoms with Gasteiger partial charge in [-0.1, -0.05) is 55.3 Å². The summed E-state index contributed by atoms with van der Waals surface area (Å²) in [6.07, 6.45) is 5.33. The number of unbranched alkanes of at least 4 members (excludes halogenated alkanes) is 2. The van der Waals surface area contributed by atoms with Crippen molar-refractivity contribution in [3.05, 3.63) is 73.7 Å². The molecule has 0 unspecified atom stereocenters. The minimum Gasteiger partial charge on any atom is -0.339 e. The molecule has 9 nitrogen and oxygen atoms in total. The summed E-state index contributed by atoms with van der Waals surface area (Å²) in [4.78, 5) is 37.3. The van der Waals surface area contributed by atoms with Gasteiger partial charge in [-0.3, -0.25) is 13.9 Å². The van der Waals surface area contributed by atoms with Gasteiger partial charge in [0.1, 0.15) is 0 Å². The van der Waals surface area contributed by atoms with Gasteiger partial charge in [0.25, 0.3) is 5.56 Å². The predicted octanol–water partition coefficient (Wildman–Crippen LogP) is 3.53. The highest BCUT2D eigenvalue weighted by atomic mass is 35.5. The van der Waals surface area contributed by atoms with Crippen LogP contribution in [0.4, 0.5) is 0 Å². The third-order valence-electron chi connectivity index (χ3n) is 5.58. The van der Waals surface area contributed by atoms with E-state index in [1.807, 2.05) is 18.2 Å². The van der Waals surface area contributed by atoms with E-state index in [9.17, 15) is 9.59 Å². The molecule has 1 N–H and O–H groups in total. The molecule has 0 spiro atoms. The van der Waals surface area contributed by atoms with Gasteiger partial charge in [0, 0.05) is 25.9 Å². The number of aryl methyl sites for hydroxylation is 4. The Hall–Kier alpha value is -3.20. The van der Waals surface area contributed by atoms with Gasteiger partial charge >= 0.3 is 5.69 Å². The van der Waals surface area contributed by atoms with Crippen LogP contribution >= 0.6 is 11.6 Å². The van der Waals surface area contributed by atoms with E-state index in [0.717, 1.165) is 25.7 Å². The molecule has 0 aliphatic heterocycles. The van der Waals surface area contributed by atoms with E-state index in [2.05, 4.69) is 39.2 Å². The number of aromatic nitrogens is 6. The van der Waals surface area contributed by atoms with Crippen LogP contribution in [0.25, 0.3) is 11.2 Å². The molecule has 3 heterocycles. The molecule has 4 rings (SSSR count). The van der Waals surface area contributed by atoms with Crippen LogP contribution in [0.2, 0.25) is 5.28 Å². The van der Waals surface area contributed by atoms with Crippen LogP contribution in [-0.2, 0) is 32.4 Å². The molecule has 0 radical (unpaired) electrons. The zero-order valence-corrected chi connectivity index (χ0v) is 19.3. The number of halogens is 1. The van der Waals surface area contributed by atoms with Crippen LogP contribution in [-0.4, -0.2) is 29.2 Å². The van der Waals surface area contributed by atoms with E-state index < -0.39 is 5.56 Å². The second-order valence-corrected chi connectivity index (χ2v) is 8.38. The van der Waals surface area contributed by atoms with E-state index >= 15 is 0 Å². The molecule has 3 aromatic heterocycles. The Balaban J connectivity index is 1.43. The van der Waals surface area contributed by atoms with Gasteiger partial charge in [-0.2, -0.15) is 9.97 Å². The molecule has 0 fully saturated rings. The van der Waals surface area contributed by atoms with Crippen molar-refractivity contribution < 1.29 is 4.52 Å². The molecule has 4 aromatic rings. The normalized spacial score (nSPS) is 11.5. The zero-order valence-electron chi connectivity index (χ0n) is 18.6. The first kappa shape index (κ1) is 23.0. The van der Waals surface area contributed by atoms with E-state index in [1.165, 1.54) is 14.7 Å². The van der Waals surface area contributed by atoms with E-state index in [0.29, 0.717) is 43.2 Å². The second-order valence-electron chi connectivity index (χ2n) is 8.02. The summed E-state index contributed by atoms with van der Waals surface area (Å²) >= 11 is 5.99. The van der Waals surface area contributed by atoms with Crippen LogP contribution < -0.4 is 11.2 Å². The number of nitrogens with zero attached hydrogens (tertiary/aromatic N) is 5. The van der Waals surface area contributed by atoms with Gasteiger partial charge in [0.05, 0.1) is 0 Å². The number of H-pyrrole nitrogens is 1. The van der Waals surface area contributed by atoms with E-state index in [1.54, 1.807) is 0 Å². The molecule has 0 amide bonds. The van der Waals surface area contributed by atoms with Crippen LogP contribution in [0.3, 0.4) is 0 Å². The molecule has 0 saturated carbocycles. The maximum absolute atomic E-state index is 13.1. The van der Waals surface area contributed by atoms with E-state index in [-0.39, 0.29) is 23.0 Å². The van der Waals surface area contributed by atoms with Gasteiger partial charge in [0.15, 0.2) is 17.0 Å². The van der Waals surface area contributed by atoms with Crippen molar-refractivity contribution in [3.63, 3.8) is 0 Å². The van der Waals surface area contributed by atoms with Crippen molar-refractivity contribution in [1.29, 1.82) is 0 Å². The van der Waals surface area contributed by atoms with Crippen molar-refractivity contribution in [3.8, 4) is 0 Å². The molecular formula is C23H27ClN6O3. The van der Waals surface area contributed by atoms with Gasteiger partial charge in [0.2, 0.25) is 11.2 Å². The lowest BCUT2D eigenvalue weighted by molar-refractivity contribution is 0.366. The van der Waals surface area contributed by atoms with Crippen molar-refractivity contribution >= 4 is 22.8 Å². The van der Waals surface area contributed by atoms with Crippen LogP contribution in [0.15, 0.2) is 44.4 Å². The minimum atomic E-state index is -0.421. The molecular weight excluding hydrogens is 444 g/mol. The molecule has 0 aliphatic rings. The lowest BCUT2D eigenvalue weighted by atomic mass is 10.1. The van der Waals surface area contributed by atoms with Crippen molar-refractivity contribution in [2.45, 2.75) is 65.0 Å². The van der Waals surface area contributed by atoms with Gasteiger partial charge in [-0.05, 0) is 36.4 Å². The van der Waals surface area contributed by atoms with Crippen molar-refractivity contribution in [2.75, 3.05) is 0 Å². The van der Waals surface area contributed by atoms with Crippen LogP contribution in [0.5, 0.6) is 0 Å². The maximum atomic E-state index is 13.1. The maximum Gasteiger partial charge on any atom is 0.332 e. The number of aromatic amines is 1. The molecule has 33 heavy (non-hydrogen) atoms. The summed E-state index contributed by atoms with van der Waals surface area (Å²) in [6.45, 7) is 2.81. The standard InChI is InChI=1S/C23H27ClN6O3/c1-2-3-7-14-29-20-19(26-22(24)27-20)21(31)30(23(29)32)15-8-11-18-25-17(28-33-18)13-12-16-9-5-4-6-10-16/h4-6,9-10H,2-3,7-8,11-15H2,1H3,(H,26,27). The van der Waals surface area contributed by atoms with Crippen molar-refractivity contribution in [2.24, 2.45) is 0 Å². The van der Waals surface area contributed by atoms with Crippen LogP contribution in [0.1, 0.15) is 49.9 Å². The fourth-order valence-electron chi connectivity index (χ4n) is 3.84. The highest BCUT2D eigenvalue weighted by molar-refractivity contribution is 6.28. The number of imidazole rings is 1. The molecule has 0 aliphatic carbocycles. The topological polar surface area (TPSA) is 112 Å². The summed E-state index contributed by atoms with van der Waals surface area (Å²) < 4.78 is 8.11. The number of fused-ring (bicyclic) bond motifs is 1. The second kappa shape index (κ2) is 10.6. The average molecular weight is 471 g/mol. The number of benzene rings is 1. The molecule has 1 aromatic carbocycles. The Morgan fingerprint density at radius 1 is 0.970 bits per heavy atom. The molecule has 174 valence electrons. The molecule has 0 bridgehead atoms. The Morgan fingerprint density at radius 2 is 1.76 bits per heavy atom.